The number of nitrogens with zero attached hydrogens (tertiary/aromatic N) is 1. The Balaban J connectivity index is 1.65. The fourth-order valence-electron chi connectivity index (χ4n) is 2.87. The first kappa shape index (κ1) is 18.4. The van der Waals surface area contributed by atoms with Crippen LogP contribution in [0.1, 0.15) is 15.9 Å². The number of sulfonamides is 1. The lowest BCUT2D eigenvalue weighted by atomic mass is 9.96. The normalized spacial score (nSPS) is 16.7. The topological polar surface area (TPSA) is 75.7 Å². The number of carbonyl (C=O) groups excluding carboxylic acids is 1. The molecule has 1 amide bonds. The molecule has 2 aromatic carbocycles. The largest absolute Gasteiger partial charge is 0.493 e. The number of nitrogens with one attached hydrogen (secondary N) is 1. The summed E-state index contributed by atoms with van der Waals surface area (Å²) in [6.45, 7) is 1.02. The van der Waals surface area contributed by atoms with E-state index in [9.17, 15) is 13.2 Å². The highest BCUT2D eigenvalue weighted by Crippen LogP contribution is 2.26. The first-order valence-corrected chi connectivity index (χ1v) is 9.83. The van der Waals surface area contributed by atoms with Gasteiger partial charge in [0.25, 0.3) is 5.91 Å². The molecule has 138 valence electrons. The summed E-state index contributed by atoms with van der Waals surface area (Å²) in [5.74, 6) is 0.791. The van der Waals surface area contributed by atoms with Gasteiger partial charge in [0, 0.05) is 32.1 Å². The van der Waals surface area contributed by atoms with E-state index >= 15 is 0 Å². The van der Waals surface area contributed by atoms with Crippen LogP contribution in [0.25, 0.3) is 0 Å². The van der Waals surface area contributed by atoms with E-state index in [1.165, 1.54) is 26.2 Å². The van der Waals surface area contributed by atoms with E-state index in [1.807, 2.05) is 24.3 Å². The molecule has 6 nitrogen and oxygen atoms in total. The average Bonchev–Trinajstić information content (AvgIpc) is 2.66. The minimum absolute atomic E-state index is 0.102. The molecule has 0 saturated carbocycles. The predicted octanol–water partition coefficient (Wildman–Crippen LogP) is 1.92. The van der Waals surface area contributed by atoms with Gasteiger partial charge in [-0.25, -0.2) is 12.7 Å². The molecule has 0 aromatic heterocycles. The Hall–Kier alpha value is -2.38. The second-order valence-electron chi connectivity index (χ2n) is 6.51. The molecule has 0 radical (unpaired) electrons. The van der Waals surface area contributed by atoms with Crippen LogP contribution in [0.2, 0.25) is 0 Å². The van der Waals surface area contributed by atoms with Crippen LogP contribution in [0.5, 0.6) is 5.75 Å². The van der Waals surface area contributed by atoms with Crippen molar-refractivity contribution >= 4 is 15.9 Å². The summed E-state index contributed by atoms with van der Waals surface area (Å²) in [6, 6.07) is 14.0. The molecule has 2 aromatic rings. The Labute approximate surface area is 153 Å². The van der Waals surface area contributed by atoms with E-state index in [-0.39, 0.29) is 16.7 Å². The molecule has 0 saturated heterocycles. The second-order valence-corrected chi connectivity index (χ2v) is 8.67. The summed E-state index contributed by atoms with van der Waals surface area (Å²) in [5, 5.41) is 2.88. The standard InChI is InChI=1S/C19H22N2O4S/c1-21(2)26(23,24)17-8-5-7-16(11-17)19(22)20-12-14-10-15-6-3-4-9-18(15)25-13-14/h3-9,11,14H,10,12-13H2,1-2H3,(H,20,22). The molecule has 1 aliphatic rings. The lowest BCUT2D eigenvalue weighted by molar-refractivity contribution is 0.0939. The van der Waals surface area contributed by atoms with E-state index in [0.29, 0.717) is 18.7 Å². The number of carbonyl (C=O) groups is 1. The van der Waals surface area contributed by atoms with Crippen molar-refractivity contribution in [2.45, 2.75) is 11.3 Å². The van der Waals surface area contributed by atoms with Crippen LogP contribution < -0.4 is 10.1 Å². The highest BCUT2D eigenvalue weighted by atomic mass is 32.2. The van der Waals surface area contributed by atoms with Gasteiger partial charge in [-0.2, -0.15) is 0 Å². The molecule has 26 heavy (non-hydrogen) atoms. The van der Waals surface area contributed by atoms with Crippen molar-refractivity contribution in [3.8, 4) is 5.75 Å². The van der Waals surface area contributed by atoms with Crippen LogP contribution in [0.3, 0.4) is 0 Å². The van der Waals surface area contributed by atoms with Crippen LogP contribution in [-0.4, -0.2) is 45.9 Å². The third kappa shape index (κ3) is 3.89. The van der Waals surface area contributed by atoms with Gasteiger partial charge in [0.05, 0.1) is 11.5 Å². The van der Waals surface area contributed by atoms with Gasteiger partial charge >= 0.3 is 0 Å². The number of ether oxygens (including phenoxy) is 1. The Kier molecular flexibility index (Phi) is 5.29. The number of benzene rings is 2. The van der Waals surface area contributed by atoms with E-state index in [4.69, 9.17) is 4.74 Å². The summed E-state index contributed by atoms with van der Waals surface area (Å²) in [5.41, 5.74) is 1.46. The number of para-hydroxylation sites is 1. The molecule has 3 rings (SSSR count). The maximum Gasteiger partial charge on any atom is 0.251 e. The monoisotopic (exact) mass is 374 g/mol. The summed E-state index contributed by atoms with van der Waals surface area (Å²) in [4.78, 5) is 12.5. The van der Waals surface area contributed by atoms with Crippen LogP contribution >= 0.6 is 0 Å². The van der Waals surface area contributed by atoms with Crippen LogP contribution in [0.4, 0.5) is 0 Å². The van der Waals surface area contributed by atoms with Crippen molar-refractivity contribution in [1.82, 2.24) is 9.62 Å². The van der Waals surface area contributed by atoms with E-state index in [0.717, 1.165) is 22.0 Å². The maximum absolute atomic E-state index is 12.4. The summed E-state index contributed by atoms with van der Waals surface area (Å²) >= 11 is 0. The van der Waals surface area contributed by atoms with Crippen LogP contribution in [-0.2, 0) is 16.4 Å². The average molecular weight is 374 g/mol. The zero-order valence-corrected chi connectivity index (χ0v) is 15.6. The Morgan fingerprint density at radius 2 is 1.96 bits per heavy atom. The van der Waals surface area contributed by atoms with Crippen LogP contribution in [0, 0.1) is 5.92 Å². The first-order chi connectivity index (χ1) is 12.4. The van der Waals surface area contributed by atoms with Gasteiger partial charge in [-0.1, -0.05) is 24.3 Å². The lowest BCUT2D eigenvalue weighted by Gasteiger charge is -2.25. The molecule has 1 N–H and O–H groups in total. The Morgan fingerprint density at radius 3 is 2.73 bits per heavy atom. The van der Waals surface area contributed by atoms with Crippen LogP contribution in [0.15, 0.2) is 53.4 Å². The summed E-state index contributed by atoms with van der Waals surface area (Å²) in [6.07, 6.45) is 0.839. The molecule has 1 unspecified atom stereocenters. The third-order valence-electron chi connectivity index (χ3n) is 4.38. The van der Waals surface area contributed by atoms with Gasteiger partial charge < -0.3 is 10.1 Å². The molecule has 7 heteroatoms. The first-order valence-electron chi connectivity index (χ1n) is 8.39. The second kappa shape index (κ2) is 7.47. The van der Waals surface area contributed by atoms with Gasteiger partial charge in [-0.15, -0.1) is 0 Å². The minimum Gasteiger partial charge on any atom is -0.493 e. The molecule has 0 spiro atoms. The van der Waals surface area contributed by atoms with Crippen molar-refractivity contribution in [2.75, 3.05) is 27.2 Å². The number of rotatable bonds is 5. The highest BCUT2D eigenvalue weighted by Gasteiger charge is 2.21. The lowest BCUT2D eigenvalue weighted by Crippen LogP contribution is -2.34. The number of hydrogen-bond acceptors (Lipinski definition) is 4. The van der Waals surface area contributed by atoms with Crippen molar-refractivity contribution < 1.29 is 17.9 Å². The molecule has 0 fully saturated rings. The van der Waals surface area contributed by atoms with Gasteiger partial charge in [-0.05, 0) is 36.2 Å². The van der Waals surface area contributed by atoms with Gasteiger partial charge in [-0.3, -0.25) is 4.79 Å². The highest BCUT2D eigenvalue weighted by molar-refractivity contribution is 7.89. The smallest absolute Gasteiger partial charge is 0.251 e. The van der Waals surface area contributed by atoms with Gasteiger partial charge in [0.1, 0.15) is 5.75 Å². The number of amides is 1. The Morgan fingerprint density at radius 1 is 1.19 bits per heavy atom. The molecular weight excluding hydrogens is 352 g/mol. The molecule has 0 bridgehead atoms. The van der Waals surface area contributed by atoms with E-state index < -0.39 is 10.0 Å². The molecule has 0 aliphatic carbocycles. The fraction of sp³-hybridized carbons (Fsp3) is 0.316. The zero-order valence-electron chi connectivity index (χ0n) is 14.8. The number of fused-ring (bicyclic) bond motifs is 1. The SMILES string of the molecule is CN(C)S(=O)(=O)c1cccc(C(=O)NCC2COc3ccccc3C2)c1. The Bertz CT molecular complexity index is 909. The van der Waals surface area contributed by atoms with Gasteiger partial charge in [0.2, 0.25) is 10.0 Å². The summed E-state index contributed by atoms with van der Waals surface area (Å²) < 4.78 is 31.3. The van der Waals surface area contributed by atoms with Crippen molar-refractivity contribution in [2.24, 2.45) is 5.92 Å². The van der Waals surface area contributed by atoms with Crippen molar-refractivity contribution in [3.05, 3.63) is 59.7 Å². The molecule has 1 aliphatic heterocycles. The van der Waals surface area contributed by atoms with E-state index in [2.05, 4.69) is 5.32 Å². The zero-order chi connectivity index (χ0) is 18.7. The van der Waals surface area contributed by atoms with Gasteiger partial charge in [0.15, 0.2) is 0 Å². The quantitative estimate of drug-likeness (QED) is 0.868. The number of hydrogen-bond donors (Lipinski definition) is 1. The molecule has 1 heterocycles. The third-order valence-corrected chi connectivity index (χ3v) is 6.19. The maximum atomic E-state index is 12.4. The minimum atomic E-state index is -3.57. The van der Waals surface area contributed by atoms with Crippen molar-refractivity contribution in [3.63, 3.8) is 0 Å². The van der Waals surface area contributed by atoms with Crippen molar-refractivity contribution in [1.29, 1.82) is 0 Å². The molecule has 1 atom stereocenters. The molecular formula is C19H22N2O4S. The van der Waals surface area contributed by atoms with E-state index in [1.54, 1.807) is 12.1 Å². The predicted molar refractivity (Wildman–Crippen MR) is 98.8 cm³/mol. The summed E-state index contributed by atoms with van der Waals surface area (Å²) in [7, 11) is -0.646. The fourth-order valence-corrected chi connectivity index (χ4v) is 3.82.